The SMILES string of the molecule is Cc1nn(C2CCCC2)cc1C1C(C#N)=C(N)OC2=C1C(=O)CC(C)(C)C2. The number of carbonyl (C=O) groups is 1. The van der Waals surface area contributed by atoms with Crippen LogP contribution in [-0.2, 0) is 9.53 Å². The molecule has 0 saturated heterocycles. The number of rotatable bonds is 2. The smallest absolute Gasteiger partial charge is 0.205 e. The Bertz CT molecular complexity index is 907. The lowest BCUT2D eigenvalue weighted by Crippen LogP contribution is -2.33. The largest absolute Gasteiger partial charge is 0.444 e. The summed E-state index contributed by atoms with van der Waals surface area (Å²) in [5, 5.41) is 14.5. The van der Waals surface area contributed by atoms with Gasteiger partial charge >= 0.3 is 0 Å². The highest BCUT2D eigenvalue weighted by Crippen LogP contribution is 2.48. The number of carbonyl (C=O) groups excluding carboxylic acids is 1. The summed E-state index contributed by atoms with van der Waals surface area (Å²) in [5.74, 6) is 0.294. The standard InChI is InChI=1S/C21H26N4O2/c1-12-15(11-25(24-12)13-6-4-5-7-13)18-14(10-22)20(23)27-17-9-21(2,3)8-16(26)19(17)18/h11,13,18H,4-9,23H2,1-3H3. The molecule has 4 rings (SSSR count). The first-order valence-corrected chi connectivity index (χ1v) is 9.70. The van der Waals surface area contributed by atoms with E-state index < -0.39 is 5.92 Å². The van der Waals surface area contributed by atoms with Crippen LogP contribution in [0.5, 0.6) is 0 Å². The molecule has 1 aromatic rings. The van der Waals surface area contributed by atoms with Gasteiger partial charge in [0.25, 0.3) is 0 Å². The van der Waals surface area contributed by atoms with Crippen LogP contribution in [0, 0.1) is 23.7 Å². The van der Waals surface area contributed by atoms with E-state index in [1.807, 2.05) is 17.8 Å². The number of nitriles is 1. The molecule has 0 spiro atoms. The van der Waals surface area contributed by atoms with Gasteiger partial charge in [0.15, 0.2) is 5.78 Å². The van der Waals surface area contributed by atoms with E-state index >= 15 is 0 Å². The normalized spacial score (nSPS) is 25.4. The fraction of sp³-hybridized carbons (Fsp3) is 0.571. The summed E-state index contributed by atoms with van der Waals surface area (Å²) >= 11 is 0. The zero-order valence-corrected chi connectivity index (χ0v) is 16.2. The van der Waals surface area contributed by atoms with Crippen molar-refractivity contribution < 1.29 is 9.53 Å². The molecule has 0 aromatic carbocycles. The summed E-state index contributed by atoms with van der Waals surface area (Å²) in [7, 11) is 0. The minimum Gasteiger partial charge on any atom is -0.444 e. The maximum atomic E-state index is 13.0. The Morgan fingerprint density at radius 1 is 1.33 bits per heavy atom. The first-order valence-electron chi connectivity index (χ1n) is 9.70. The van der Waals surface area contributed by atoms with Crippen LogP contribution in [0.2, 0.25) is 0 Å². The van der Waals surface area contributed by atoms with E-state index in [0.29, 0.717) is 35.8 Å². The molecule has 2 N–H and O–H groups in total. The number of ether oxygens (including phenoxy) is 1. The Morgan fingerprint density at radius 2 is 2.04 bits per heavy atom. The molecule has 1 fully saturated rings. The van der Waals surface area contributed by atoms with E-state index in [1.165, 1.54) is 12.8 Å². The number of allylic oxidation sites excluding steroid dienone is 3. The molecule has 0 amide bonds. The summed E-state index contributed by atoms with van der Waals surface area (Å²) in [6.07, 6.45) is 7.78. The van der Waals surface area contributed by atoms with Crippen LogP contribution in [0.15, 0.2) is 29.0 Å². The average molecular weight is 366 g/mol. The number of aromatic nitrogens is 2. The molecule has 6 heteroatoms. The molecule has 1 atom stereocenters. The summed E-state index contributed by atoms with van der Waals surface area (Å²) in [6.45, 7) is 6.05. The molecule has 1 saturated carbocycles. The Hall–Kier alpha value is -2.55. The Morgan fingerprint density at radius 3 is 2.70 bits per heavy atom. The number of hydrogen-bond donors (Lipinski definition) is 1. The molecule has 2 aliphatic carbocycles. The highest BCUT2D eigenvalue weighted by molar-refractivity contribution is 6.00. The van der Waals surface area contributed by atoms with Gasteiger partial charge in [0, 0.05) is 30.2 Å². The minimum absolute atomic E-state index is 0.0412. The van der Waals surface area contributed by atoms with Crippen LogP contribution in [0.1, 0.15) is 75.6 Å². The summed E-state index contributed by atoms with van der Waals surface area (Å²) in [4.78, 5) is 13.0. The van der Waals surface area contributed by atoms with Crippen LogP contribution < -0.4 is 5.73 Å². The van der Waals surface area contributed by atoms with Crippen molar-refractivity contribution in [1.82, 2.24) is 9.78 Å². The highest BCUT2D eigenvalue weighted by Gasteiger charge is 2.44. The van der Waals surface area contributed by atoms with Gasteiger partial charge in [0.2, 0.25) is 5.88 Å². The lowest BCUT2D eigenvalue weighted by atomic mass is 9.70. The second kappa shape index (κ2) is 6.26. The Balaban J connectivity index is 1.83. The summed E-state index contributed by atoms with van der Waals surface area (Å²) in [6, 6.07) is 2.59. The molecule has 0 bridgehead atoms. The van der Waals surface area contributed by atoms with Gasteiger partial charge in [-0.1, -0.05) is 26.7 Å². The van der Waals surface area contributed by atoms with Crippen molar-refractivity contribution >= 4 is 5.78 Å². The third-order valence-electron chi connectivity index (χ3n) is 6.04. The molecule has 1 aromatic heterocycles. The maximum Gasteiger partial charge on any atom is 0.205 e. The molecular weight excluding hydrogens is 340 g/mol. The van der Waals surface area contributed by atoms with E-state index in [0.717, 1.165) is 24.1 Å². The third-order valence-corrected chi connectivity index (χ3v) is 6.04. The molecule has 27 heavy (non-hydrogen) atoms. The Labute approximate surface area is 159 Å². The molecular formula is C21H26N4O2. The van der Waals surface area contributed by atoms with Crippen molar-refractivity contribution in [3.8, 4) is 6.07 Å². The minimum atomic E-state index is -0.475. The average Bonchev–Trinajstić information content (AvgIpc) is 3.21. The monoisotopic (exact) mass is 366 g/mol. The second-order valence-corrected chi connectivity index (χ2v) is 8.79. The van der Waals surface area contributed by atoms with Gasteiger partial charge in [-0.25, -0.2) is 0 Å². The molecule has 6 nitrogen and oxygen atoms in total. The molecule has 2 heterocycles. The van der Waals surface area contributed by atoms with Crippen molar-refractivity contribution in [1.29, 1.82) is 5.26 Å². The van der Waals surface area contributed by atoms with Crippen molar-refractivity contribution in [3.05, 3.63) is 40.2 Å². The summed E-state index contributed by atoms with van der Waals surface area (Å²) in [5.41, 5.74) is 8.57. The van der Waals surface area contributed by atoms with Gasteiger partial charge in [0.05, 0.1) is 17.7 Å². The number of hydrogen-bond acceptors (Lipinski definition) is 5. The van der Waals surface area contributed by atoms with Crippen LogP contribution in [0.3, 0.4) is 0 Å². The van der Waals surface area contributed by atoms with Gasteiger partial charge in [-0.2, -0.15) is 10.4 Å². The quantitative estimate of drug-likeness (QED) is 0.860. The number of Topliss-reactive ketones (excluding diaryl/α,β-unsaturated/α-hetero) is 1. The number of ketones is 1. The van der Waals surface area contributed by atoms with E-state index in [-0.39, 0.29) is 17.1 Å². The molecule has 3 aliphatic rings. The number of nitrogens with zero attached hydrogens (tertiary/aromatic N) is 3. The van der Waals surface area contributed by atoms with Gasteiger partial charge in [-0.3, -0.25) is 9.48 Å². The lowest BCUT2D eigenvalue weighted by molar-refractivity contribution is -0.119. The van der Waals surface area contributed by atoms with E-state index in [4.69, 9.17) is 15.6 Å². The third kappa shape index (κ3) is 2.95. The second-order valence-electron chi connectivity index (χ2n) is 8.79. The zero-order valence-electron chi connectivity index (χ0n) is 16.2. The maximum absolute atomic E-state index is 13.0. The molecule has 0 radical (unpaired) electrons. The highest BCUT2D eigenvalue weighted by atomic mass is 16.5. The van der Waals surface area contributed by atoms with Gasteiger partial charge in [-0.05, 0) is 25.2 Å². The Kier molecular flexibility index (Phi) is 4.14. The lowest BCUT2D eigenvalue weighted by Gasteiger charge is -2.37. The van der Waals surface area contributed by atoms with Crippen LogP contribution in [0.4, 0.5) is 0 Å². The van der Waals surface area contributed by atoms with Gasteiger partial charge in [0.1, 0.15) is 17.4 Å². The molecule has 142 valence electrons. The first-order chi connectivity index (χ1) is 12.8. The van der Waals surface area contributed by atoms with Crippen molar-refractivity contribution in [2.75, 3.05) is 0 Å². The fourth-order valence-electron chi connectivity index (χ4n) is 4.73. The van der Waals surface area contributed by atoms with Crippen LogP contribution >= 0.6 is 0 Å². The summed E-state index contributed by atoms with van der Waals surface area (Å²) < 4.78 is 7.79. The molecule has 1 unspecified atom stereocenters. The van der Waals surface area contributed by atoms with E-state index in [9.17, 15) is 10.1 Å². The van der Waals surface area contributed by atoms with Crippen LogP contribution in [-0.4, -0.2) is 15.6 Å². The molecule has 1 aliphatic heterocycles. The van der Waals surface area contributed by atoms with Crippen LogP contribution in [0.25, 0.3) is 0 Å². The van der Waals surface area contributed by atoms with Crippen molar-refractivity contribution in [3.63, 3.8) is 0 Å². The first kappa shape index (κ1) is 17.8. The number of aryl methyl sites for hydroxylation is 1. The van der Waals surface area contributed by atoms with Crippen molar-refractivity contribution in [2.24, 2.45) is 11.1 Å². The van der Waals surface area contributed by atoms with E-state index in [2.05, 4.69) is 19.9 Å². The number of nitrogens with two attached hydrogens (primary N) is 1. The van der Waals surface area contributed by atoms with Crippen molar-refractivity contribution in [2.45, 2.75) is 71.3 Å². The topological polar surface area (TPSA) is 93.9 Å². The zero-order chi connectivity index (χ0) is 19.3. The fourth-order valence-corrected chi connectivity index (χ4v) is 4.73. The predicted molar refractivity (Wildman–Crippen MR) is 100 cm³/mol. The predicted octanol–water partition coefficient (Wildman–Crippen LogP) is 3.76. The van der Waals surface area contributed by atoms with Gasteiger partial charge < -0.3 is 10.5 Å². The van der Waals surface area contributed by atoms with E-state index in [1.54, 1.807) is 0 Å². The van der Waals surface area contributed by atoms with Gasteiger partial charge in [-0.15, -0.1) is 0 Å².